The zero-order chi connectivity index (χ0) is 18.3. The number of nitrogens with zero attached hydrogens (tertiary/aromatic N) is 2. The quantitative estimate of drug-likeness (QED) is 0.495. The van der Waals surface area contributed by atoms with E-state index in [-0.39, 0.29) is 12.2 Å². The van der Waals surface area contributed by atoms with E-state index in [0.717, 1.165) is 45.0 Å². The zero-order valence-corrected chi connectivity index (χ0v) is 16.4. The van der Waals surface area contributed by atoms with Crippen LogP contribution in [0.5, 0.6) is 0 Å². The largest absolute Gasteiger partial charge is 0.392 e. The minimum atomic E-state index is -3.26. The fraction of sp³-hybridized carbons (Fsp3) is 1.00. The number of rotatable bonds is 2. The fourth-order valence-corrected chi connectivity index (χ4v) is 2.78. The number of likely N-dealkylation sites (N-methyl/N-ethyl adjacent to an activating group) is 2. The van der Waals surface area contributed by atoms with E-state index in [2.05, 4.69) is 20.5 Å². The van der Waals surface area contributed by atoms with Gasteiger partial charge in [0.1, 0.15) is 0 Å². The van der Waals surface area contributed by atoms with E-state index in [0.29, 0.717) is 6.54 Å². The number of likely N-dealkylation sites (tertiary alicyclic amines) is 2. The van der Waals surface area contributed by atoms with Gasteiger partial charge in [0.2, 0.25) is 9.05 Å². The van der Waals surface area contributed by atoms with Crippen molar-refractivity contribution in [1.29, 1.82) is 0 Å². The summed E-state index contributed by atoms with van der Waals surface area (Å²) in [6.07, 6.45) is 3.60. The van der Waals surface area contributed by atoms with Crippen molar-refractivity contribution in [3.63, 3.8) is 0 Å². The van der Waals surface area contributed by atoms with Crippen LogP contribution >= 0.6 is 10.7 Å². The van der Waals surface area contributed by atoms with Gasteiger partial charge in [-0.2, -0.15) is 8.42 Å². The van der Waals surface area contributed by atoms with Gasteiger partial charge < -0.3 is 14.9 Å². The molecule has 0 amide bonds. The van der Waals surface area contributed by atoms with Crippen LogP contribution in [0.1, 0.15) is 12.8 Å². The Kier molecular flexibility index (Phi) is 10.1. The fourth-order valence-electron chi connectivity index (χ4n) is 2.13. The minimum Gasteiger partial charge on any atom is -0.392 e. The molecule has 1 N–H and O–H groups in total. The van der Waals surface area contributed by atoms with Gasteiger partial charge in [0.05, 0.1) is 24.7 Å². The highest BCUT2D eigenvalue weighted by atomic mass is 35.7. The monoisotopic (exact) mass is 394 g/mol. The first-order valence-electron chi connectivity index (χ1n) is 7.09. The molecule has 2 saturated heterocycles. The lowest BCUT2D eigenvalue weighted by Crippen LogP contribution is -2.21. The molecular weight excluding hydrogens is 368 g/mol. The van der Waals surface area contributed by atoms with Crippen LogP contribution in [0.4, 0.5) is 0 Å². The Bertz CT molecular complexity index is 524. The van der Waals surface area contributed by atoms with Gasteiger partial charge in [-0.1, -0.05) is 0 Å². The number of β-amino-alcohol motifs (C(OH)–C–C–N with tert-alkyl or cyclic N) is 1. The molecule has 0 radical (unpaired) electrons. The second-order valence-corrected chi connectivity index (χ2v) is 10.5. The Morgan fingerprint density at radius 3 is 1.65 bits per heavy atom. The zero-order valence-electron chi connectivity index (χ0n) is 14.0. The number of halogens is 1. The smallest absolute Gasteiger partial charge is 0.264 e. The average molecular weight is 395 g/mol. The first-order valence-corrected chi connectivity index (χ1v) is 11.6. The molecule has 2 aliphatic heterocycles. The van der Waals surface area contributed by atoms with Crippen LogP contribution in [-0.4, -0.2) is 96.7 Å². The van der Waals surface area contributed by atoms with Crippen molar-refractivity contribution in [1.82, 2.24) is 9.80 Å². The van der Waals surface area contributed by atoms with Gasteiger partial charge in [-0.25, -0.2) is 8.42 Å². The molecule has 2 rings (SSSR count). The maximum absolute atomic E-state index is 10.7. The van der Waals surface area contributed by atoms with Crippen molar-refractivity contribution in [2.45, 2.75) is 25.0 Å². The third kappa shape index (κ3) is 16.7. The van der Waals surface area contributed by atoms with Crippen LogP contribution in [0.25, 0.3) is 0 Å². The summed E-state index contributed by atoms with van der Waals surface area (Å²) >= 11 is 0. The molecule has 2 atom stereocenters. The highest BCUT2D eigenvalue weighted by molar-refractivity contribution is 8.13. The highest BCUT2D eigenvalue weighted by Crippen LogP contribution is 2.11. The van der Waals surface area contributed by atoms with E-state index < -0.39 is 19.2 Å². The molecule has 2 fully saturated rings. The van der Waals surface area contributed by atoms with Gasteiger partial charge in [0.15, 0.2) is 0 Å². The van der Waals surface area contributed by atoms with Crippen molar-refractivity contribution in [2.75, 3.05) is 52.8 Å². The normalized spacial score (nSPS) is 26.2. The van der Waals surface area contributed by atoms with Crippen LogP contribution in [0.3, 0.4) is 0 Å². The summed E-state index contributed by atoms with van der Waals surface area (Å²) in [5, 5.41) is 8.86. The topological polar surface area (TPSA) is 104 Å². The summed E-state index contributed by atoms with van der Waals surface area (Å²) in [5.41, 5.74) is 0. The lowest BCUT2D eigenvalue weighted by atomic mass is 10.3. The Hall–Kier alpha value is 0.0300. The molecule has 0 spiro atoms. The maximum atomic E-state index is 10.7. The summed E-state index contributed by atoms with van der Waals surface area (Å²) in [6, 6.07) is 0. The van der Waals surface area contributed by atoms with E-state index in [9.17, 15) is 16.8 Å². The molecule has 0 aromatic heterocycles. The first kappa shape index (κ1) is 23.0. The minimum absolute atomic E-state index is 0.0509. The van der Waals surface area contributed by atoms with Gasteiger partial charge in [0.25, 0.3) is 10.1 Å². The van der Waals surface area contributed by atoms with Crippen LogP contribution in [-0.2, 0) is 23.4 Å². The molecule has 0 bridgehead atoms. The first-order chi connectivity index (χ1) is 10.3. The van der Waals surface area contributed by atoms with Gasteiger partial charge >= 0.3 is 0 Å². The third-order valence-corrected chi connectivity index (χ3v) is 3.65. The maximum Gasteiger partial charge on any atom is 0.264 e. The van der Waals surface area contributed by atoms with E-state index >= 15 is 0 Å². The summed E-state index contributed by atoms with van der Waals surface area (Å²) in [7, 11) is 2.02. The number of aliphatic hydroxyl groups excluding tert-OH is 1. The molecule has 0 aromatic carbocycles. The van der Waals surface area contributed by atoms with E-state index in [1.54, 1.807) is 0 Å². The summed E-state index contributed by atoms with van der Waals surface area (Å²) in [6.45, 7) is 3.55. The van der Waals surface area contributed by atoms with Gasteiger partial charge in [-0.05, 0) is 26.9 Å². The average Bonchev–Trinajstić information content (AvgIpc) is 2.84. The Balaban J connectivity index is 0.000000347. The third-order valence-electron chi connectivity index (χ3n) is 3.03. The standard InChI is InChI=1S/C6H13NO3S.C5H11NO.CH3ClO2S/c1-7-4-3-6(5-7)10-11(2,8)9;1-6-3-2-5(7)4-6;1-5(2,3)4/h6H,3-5H2,1-2H3;5,7H,2-4H2,1H3;1H3/t6-;5-;/m11./s1. The molecule has 0 aliphatic carbocycles. The Morgan fingerprint density at radius 2 is 1.43 bits per heavy atom. The summed E-state index contributed by atoms with van der Waals surface area (Å²) in [5.74, 6) is 0. The SMILES string of the molecule is CN1CC[C@@H](O)C1.CN1CC[C@@H](OS(C)(=O)=O)C1.CS(=O)(=O)Cl. The van der Waals surface area contributed by atoms with Crippen molar-refractivity contribution < 1.29 is 26.1 Å². The summed E-state index contributed by atoms with van der Waals surface area (Å²) in [4.78, 5) is 4.18. The predicted octanol–water partition coefficient (Wildman–Crippen LogP) is -0.466. The highest BCUT2D eigenvalue weighted by Gasteiger charge is 2.23. The molecule has 140 valence electrons. The van der Waals surface area contributed by atoms with Crippen molar-refractivity contribution in [3.8, 4) is 0 Å². The van der Waals surface area contributed by atoms with Gasteiger partial charge in [0, 0.05) is 36.9 Å². The van der Waals surface area contributed by atoms with Crippen LogP contribution < -0.4 is 0 Å². The Labute approximate surface area is 143 Å². The van der Waals surface area contributed by atoms with Crippen molar-refractivity contribution >= 4 is 29.9 Å². The van der Waals surface area contributed by atoms with Gasteiger partial charge in [-0.3, -0.25) is 4.18 Å². The van der Waals surface area contributed by atoms with E-state index in [1.165, 1.54) is 0 Å². The number of hydrogen-bond acceptors (Lipinski definition) is 8. The number of aliphatic hydroxyl groups is 1. The molecule has 0 aromatic rings. The molecule has 2 aliphatic rings. The van der Waals surface area contributed by atoms with Crippen LogP contribution in [0.2, 0.25) is 0 Å². The second-order valence-electron chi connectivity index (χ2n) is 5.86. The molecule has 11 heteroatoms. The molecule has 2 heterocycles. The molecule has 0 unspecified atom stereocenters. The van der Waals surface area contributed by atoms with Crippen LogP contribution in [0, 0.1) is 0 Å². The lowest BCUT2D eigenvalue weighted by molar-refractivity contribution is 0.182. The molecule has 0 saturated carbocycles. The lowest BCUT2D eigenvalue weighted by Gasteiger charge is -2.08. The Morgan fingerprint density at radius 1 is 1.00 bits per heavy atom. The van der Waals surface area contributed by atoms with Crippen LogP contribution in [0.15, 0.2) is 0 Å². The molecular formula is C12H27ClN2O6S2. The second kappa shape index (κ2) is 10.1. The van der Waals surface area contributed by atoms with E-state index in [4.69, 9.17) is 9.29 Å². The van der Waals surface area contributed by atoms with Gasteiger partial charge in [-0.15, -0.1) is 0 Å². The molecule has 23 heavy (non-hydrogen) atoms. The summed E-state index contributed by atoms with van der Waals surface area (Å²) < 4.78 is 44.9. The predicted molar refractivity (Wildman–Crippen MR) is 90.6 cm³/mol. The number of hydrogen-bond donors (Lipinski definition) is 1. The van der Waals surface area contributed by atoms with Crippen molar-refractivity contribution in [2.24, 2.45) is 0 Å². The molecule has 8 nitrogen and oxygen atoms in total. The van der Waals surface area contributed by atoms with E-state index in [1.807, 2.05) is 14.1 Å². The van der Waals surface area contributed by atoms with Crippen molar-refractivity contribution in [3.05, 3.63) is 0 Å².